The highest BCUT2D eigenvalue weighted by Crippen LogP contribution is 2.36. The summed E-state index contributed by atoms with van der Waals surface area (Å²) in [5, 5.41) is 19.4. The van der Waals surface area contributed by atoms with E-state index in [1.807, 2.05) is 6.92 Å². The Kier molecular flexibility index (Phi) is 9.62. The molecule has 4 aromatic rings. The molecule has 3 N–H and O–H groups in total. The minimum Gasteiger partial charge on any atom is -0.492 e. The van der Waals surface area contributed by atoms with Gasteiger partial charge in [0.25, 0.3) is 0 Å². The standard InChI is InChI=1S/C30H26ClF2N5O2/c1-2-40-28-16-26-23(30(20(17-34)18-36-26)37-22-9-10-25(33)24(31)14-22)15-27(28)38-29(39)4-3-12-35-13-11-19-5-7-21(32)8-6-19/h3-10,14-16,18,35H,2,11-13H2,1H3,(H,36,37)(H,38,39)/b4-3+. The third-order valence-corrected chi connectivity index (χ3v) is 6.16. The number of hydrogen-bond donors (Lipinski definition) is 3. The molecule has 0 radical (unpaired) electrons. The molecule has 0 saturated heterocycles. The van der Waals surface area contributed by atoms with Crippen molar-refractivity contribution in [1.82, 2.24) is 10.3 Å². The molecule has 0 unspecified atom stereocenters. The molecular formula is C30H26ClF2N5O2. The van der Waals surface area contributed by atoms with E-state index in [9.17, 15) is 18.8 Å². The summed E-state index contributed by atoms with van der Waals surface area (Å²) in [5.74, 6) is -0.779. The summed E-state index contributed by atoms with van der Waals surface area (Å²) < 4.78 is 32.4. The van der Waals surface area contributed by atoms with Crippen molar-refractivity contribution in [3.05, 3.63) is 101 Å². The van der Waals surface area contributed by atoms with Gasteiger partial charge in [0, 0.05) is 36.0 Å². The predicted octanol–water partition coefficient (Wildman–Crippen LogP) is 6.51. The van der Waals surface area contributed by atoms with Gasteiger partial charge in [-0.2, -0.15) is 5.26 Å². The molecule has 204 valence electrons. The van der Waals surface area contributed by atoms with Gasteiger partial charge in [-0.25, -0.2) is 8.78 Å². The molecule has 3 aromatic carbocycles. The largest absolute Gasteiger partial charge is 0.492 e. The van der Waals surface area contributed by atoms with Gasteiger partial charge in [-0.1, -0.05) is 29.8 Å². The first-order valence-electron chi connectivity index (χ1n) is 12.5. The van der Waals surface area contributed by atoms with Crippen molar-refractivity contribution in [2.24, 2.45) is 0 Å². The zero-order valence-electron chi connectivity index (χ0n) is 21.6. The van der Waals surface area contributed by atoms with Crippen molar-refractivity contribution in [2.45, 2.75) is 13.3 Å². The topological polar surface area (TPSA) is 99.1 Å². The lowest BCUT2D eigenvalue weighted by Gasteiger charge is -2.16. The van der Waals surface area contributed by atoms with Gasteiger partial charge in [0.1, 0.15) is 23.5 Å². The Bertz CT molecular complexity index is 1590. The van der Waals surface area contributed by atoms with E-state index in [1.54, 1.807) is 30.3 Å². The molecule has 0 aliphatic rings. The summed E-state index contributed by atoms with van der Waals surface area (Å²) in [6, 6.07) is 15.9. The van der Waals surface area contributed by atoms with Crippen LogP contribution in [0.25, 0.3) is 10.9 Å². The molecule has 10 heteroatoms. The van der Waals surface area contributed by atoms with E-state index >= 15 is 0 Å². The number of anilines is 3. The van der Waals surface area contributed by atoms with Crippen molar-refractivity contribution >= 4 is 45.5 Å². The molecule has 7 nitrogen and oxygen atoms in total. The highest BCUT2D eigenvalue weighted by Gasteiger charge is 2.15. The van der Waals surface area contributed by atoms with Crippen LogP contribution in [0.15, 0.2) is 72.9 Å². The second kappa shape index (κ2) is 13.5. The number of rotatable bonds is 11. The van der Waals surface area contributed by atoms with Crippen LogP contribution in [0.3, 0.4) is 0 Å². The number of fused-ring (bicyclic) bond motifs is 1. The number of aromatic nitrogens is 1. The van der Waals surface area contributed by atoms with Crippen LogP contribution >= 0.6 is 11.6 Å². The fourth-order valence-electron chi connectivity index (χ4n) is 3.94. The summed E-state index contributed by atoms with van der Waals surface area (Å²) in [5.41, 5.74) is 3.09. The van der Waals surface area contributed by atoms with Crippen molar-refractivity contribution in [1.29, 1.82) is 5.26 Å². The zero-order chi connectivity index (χ0) is 28.5. The second-order valence-electron chi connectivity index (χ2n) is 8.68. The second-order valence-corrected chi connectivity index (χ2v) is 9.09. The fourth-order valence-corrected chi connectivity index (χ4v) is 4.12. The average molecular weight is 562 g/mol. The van der Waals surface area contributed by atoms with Crippen LogP contribution < -0.4 is 20.7 Å². The van der Waals surface area contributed by atoms with Crippen LogP contribution in [0.2, 0.25) is 5.02 Å². The molecule has 40 heavy (non-hydrogen) atoms. The van der Waals surface area contributed by atoms with Crippen molar-refractivity contribution < 1.29 is 18.3 Å². The van der Waals surface area contributed by atoms with Crippen molar-refractivity contribution in [2.75, 3.05) is 30.3 Å². The highest BCUT2D eigenvalue weighted by molar-refractivity contribution is 6.31. The van der Waals surface area contributed by atoms with Crippen LogP contribution in [0, 0.1) is 23.0 Å². The molecule has 0 aliphatic carbocycles. The van der Waals surface area contributed by atoms with E-state index in [1.165, 1.54) is 42.6 Å². The number of nitrogens with zero attached hydrogens (tertiary/aromatic N) is 2. The molecule has 0 aliphatic heterocycles. The minimum atomic E-state index is -0.560. The Hall–Kier alpha value is -4.52. The molecule has 0 fully saturated rings. The Morgan fingerprint density at radius 1 is 1.15 bits per heavy atom. The highest BCUT2D eigenvalue weighted by atomic mass is 35.5. The number of benzene rings is 3. The Balaban J connectivity index is 1.50. The number of carbonyl (C=O) groups is 1. The smallest absolute Gasteiger partial charge is 0.248 e. The number of nitrogens with one attached hydrogen (secondary N) is 3. The van der Waals surface area contributed by atoms with Gasteiger partial charge < -0.3 is 20.7 Å². The Morgan fingerprint density at radius 3 is 2.67 bits per heavy atom. The van der Waals surface area contributed by atoms with E-state index < -0.39 is 5.82 Å². The van der Waals surface area contributed by atoms with Gasteiger partial charge >= 0.3 is 0 Å². The van der Waals surface area contributed by atoms with E-state index in [0.29, 0.717) is 53.4 Å². The number of carbonyl (C=O) groups excluding carboxylic acids is 1. The van der Waals surface area contributed by atoms with Gasteiger partial charge in [0.15, 0.2) is 0 Å². The molecule has 0 saturated carbocycles. The van der Waals surface area contributed by atoms with E-state index in [0.717, 1.165) is 12.0 Å². The third-order valence-electron chi connectivity index (χ3n) is 5.87. The quantitative estimate of drug-likeness (QED) is 0.143. The predicted molar refractivity (Wildman–Crippen MR) is 153 cm³/mol. The van der Waals surface area contributed by atoms with Gasteiger partial charge in [0.2, 0.25) is 5.91 Å². The summed E-state index contributed by atoms with van der Waals surface area (Å²) in [6.45, 7) is 3.32. The number of hydrogen-bond acceptors (Lipinski definition) is 6. The molecule has 1 heterocycles. The molecule has 0 atom stereocenters. The lowest BCUT2D eigenvalue weighted by molar-refractivity contribution is -0.111. The third kappa shape index (κ3) is 7.32. The van der Waals surface area contributed by atoms with Crippen LogP contribution in [0.4, 0.5) is 25.8 Å². The monoisotopic (exact) mass is 561 g/mol. The number of amides is 1. The number of halogens is 3. The minimum absolute atomic E-state index is 0.0646. The molecule has 0 spiro atoms. The summed E-state index contributed by atoms with van der Waals surface area (Å²) >= 11 is 5.93. The fraction of sp³-hybridized carbons (Fsp3) is 0.167. The van der Waals surface area contributed by atoms with Crippen LogP contribution in [-0.2, 0) is 11.2 Å². The molecule has 0 bridgehead atoms. The van der Waals surface area contributed by atoms with Crippen LogP contribution in [-0.4, -0.2) is 30.6 Å². The number of ether oxygens (including phenoxy) is 1. The lowest BCUT2D eigenvalue weighted by Crippen LogP contribution is -2.18. The van der Waals surface area contributed by atoms with Gasteiger partial charge in [0.05, 0.1) is 34.1 Å². The maximum atomic E-state index is 13.7. The normalized spacial score (nSPS) is 11.0. The van der Waals surface area contributed by atoms with Crippen LogP contribution in [0.5, 0.6) is 5.75 Å². The van der Waals surface area contributed by atoms with Gasteiger partial charge in [-0.3, -0.25) is 9.78 Å². The summed E-state index contributed by atoms with van der Waals surface area (Å²) in [6.07, 6.45) is 5.26. The van der Waals surface area contributed by atoms with Gasteiger partial charge in [-0.05, 0) is 61.9 Å². The summed E-state index contributed by atoms with van der Waals surface area (Å²) in [4.78, 5) is 17.1. The maximum absolute atomic E-state index is 13.7. The van der Waals surface area contributed by atoms with Crippen LogP contribution in [0.1, 0.15) is 18.1 Å². The van der Waals surface area contributed by atoms with E-state index in [-0.39, 0.29) is 22.3 Å². The Labute approximate surface area is 235 Å². The summed E-state index contributed by atoms with van der Waals surface area (Å²) in [7, 11) is 0. The number of pyridine rings is 1. The maximum Gasteiger partial charge on any atom is 0.248 e. The molecular weight excluding hydrogens is 536 g/mol. The average Bonchev–Trinajstić information content (AvgIpc) is 2.94. The van der Waals surface area contributed by atoms with Gasteiger partial charge in [-0.15, -0.1) is 0 Å². The first kappa shape index (κ1) is 28.5. The first-order valence-corrected chi connectivity index (χ1v) is 12.9. The molecule has 4 rings (SSSR count). The SMILES string of the molecule is CCOc1cc2ncc(C#N)c(Nc3ccc(F)c(Cl)c3)c2cc1NC(=O)/C=C/CNCCc1ccc(F)cc1. The molecule has 1 amide bonds. The first-order chi connectivity index (χ1) is 19.4. The van der Waals surface area contributed by atoms with E-state index in [2.05, 4.69) is 27.0 Å². The zero-order valence-corrected chi connectivity index (χ0v) is 22.4. The lowest BCUT2D eigenvalue weighted by atomic mass is 10.1. The Morgan fingerprint density at radius 2 is 1.95 bits per heavy atom. The van der Waals surface area contributed by atoms with Crippen molar-refractivity contribution in [3.63, 3.8) is 0 Å². The molecule has 1 aromatic heterocycles. The van der Waals surface area contributed by atoms with E-state index in [4.69, 9.17) is 16.3 Å². The van der Waals surface area contributed by atoms with Crippen molar-refractivity contribution in [3.8, 4) is 11.8 Å². The number of nitriles is 1.